The average molecular weight is 461 g/mol. The molecule has 1 unspecified atom stereocenters. The third-order valence-corrected chi connectivity index (χ3v) is 6.52. The summed E-state index contributed by atoms with van der Waals surface area (Å²) in [6.07, 6.45) is 6.86. The SMILES string of the molecule is O=C(C1Cc2cc(Cl)cc(-c3ccnc4[nH]ccc34)c2O1)N1CCN(c2ccncn2)CC1. The highest BCUT2D eigenvalue weighted by molar-refractivity contribution is 6.31. The van der Waals surface area contributed by atoms with E-state index >= 15 is 0 Å². The topological polar surface area (TPSA) is 87.2 Å². The number of aromatic nitrogens is 4. The van der Waals surface area contributed by atoms with E-state index in [-0.39, 0.29) is 5.91 Å². The van der Waals surface area contributed by atoms with E-state index in [0.717, 1.165) is 52.4 Å². The van der Waals surface area contributed by atoms with Crippen LogP contribution in [-0.4, -0.2) is 63.0 Å². The van der Waals surface area contributed by atoms with Gasteiger partial charge in [-0.15, -0.1) is 0 Å². The number of carbonyl (C=O) groups excluding carboxylic acids is 1. The minimum atomic E-state index is -0.550. The number of nitrogens with one attached hydrogen (secondary N) is 1. The summed E-state index contributed by atoms with van der Waals surface area (Å²) < 4.78 is 6.28. The molecule has 1 aromatic carbocycles. The van der Waals surface area contributed by atoms with Crippen LogP contribution in [0.25, 0.3) is 22.2 Å². The van der Waals surface area contributed by atoms with Gasteiger partial charge >= 0.3 is 0 Å². The van der Waals surface area contributed by atoms with Crippen LogP contribution in [0, 0.1) is 0 Å². The van der Waals surface area contributed by atoms with E-state index < -0.39 is 6.10 Å². The minimum absolute atomic E-state index is 0.0112. The van der Waals surface area contributed by atoms with Crippen molar-refractivity contribution in [1.29, 1.82) is 0 Å². The Morgan fingerprint density at radius 3 is 2.76 bits per heavy atom. The number of ether oxygens (including phenoxy) is 1. The van der Waals surface area contributed by atoms with Crippen LogP contribution in [0.5, 0.6) is 5.75 Å². The van der Waals surface area contributed by atoms with Crippen LogP contribution in [-0.2, 0) is 11.2 Å². The molecule has 2 aliphatic heterocycles. The van der Waals surface area contributed by atoms with E-state index in [0.29, 0.717) is 24.5 Å². The zero-order valence-electron chi connectivity index (χ0n) is 17.7. The van der Waals surface area contributed by atoms with E-state index in [1.807, 2.05) is 41.4 Å². The summed E-state index contributed by atoms with van der Waals surface area (Å²) in [5, 5.41) is 1.61. The van der Waals surface area contributed by atoms with Crippen LogP contribution in [0.15, 0.2) is 55.2 Å². The van der Waals surface area contributed by atoms with Crippen LogP contribution in [0.2, 0.25) is 5.02 Å². The average Bonchev–Trinajstić information content (AvgIpc) is 3.51. The van der Waals surface area contributed by atoms with E-state index in [1.165, 1.54) is 0 Å². The molecule has 1 amide bonds. The molecule has 2 aliphatic rings. The first-order chi connectivity index (χ1) is 16.2. The standard InChI is InChI=1S/C24H21ClN6O2/c25-16-11-15-12-20(24(32)31-9-7-30(8-10-31)21-3-4-26-14-29-21)33-22(15)19(13-16)17-1-5-27-23-18(17)2-6-28-23/h1-6,11,13-14,20H,7-10,12H2,(H,27,28). The van der Waals surface area contributed by atoms with Gasteiger partial charge in [0.05, 0.1) is 0 Å². The number of rotatable bonds is 3. The van der Waals surface area contributed by atoms with Crippen molar-refractivity contribution in [3.63, 3.8) is 0 Å². The van der Waals surface area contributed by atoms with Crippen molar-refractivity contribution in [3.8, 4) is 16.9 Å². The molecule has 4 aromatic rings. The molecular weight excluding hydrogens is 440 g/mol. The first-order valence-corrected chi connectivity index (χ1v) is 11.3. The summed E-state index contributed by atoms with van der Waals surface area (Å²) in [5.41, 5.74) is 3.62. The first kappa shape index (κ1) is 20.0. The van der Waals surface area contributed by atoms with Crippen molar-refractivity contribution < 1.29 is 9.53 Å². The lowest BCUT2D eigenvalue weighted by atomic mass is 9.99. The predicted molar refractivity (Wildman–Crippen MR) is 125 cm³/mol. The largest absolute Gasteiger partial charge is 0.479 e. The van der Waals surface area contributed by atoms with Crippen LogP contribution >= 0.6 is 11.6 Å². The first-order valence-electron chi connectivity index (χ1n) is 10.9. The summed E-state index contributed by atoms with van der Waals surface area (Å²) >= 11 is 6.46. The Morgan fingerprint density at radius 2 is 1.94 bits per heavy atom. The van der Waals surface area contributed by atoms with Gasteiger partial charge in [-0.3, -0.25) is 4.79 Å². The number of carbonyl (C=O) groups is 1. The van der Waals surface area contributed by atoms with Gasteiger partial charge in [0, 0.05) is 72.7 Å². The smallest absolute Gasteiger partial charge is 0.264 e. The highest BCUT2D eigenvalue weighted by Gasteiger charge is 2.35. The van der Waals surface area contributed by atoms with Crippen LogP contribution in [0.3, 0.4) is 0 Å². The summed E-state index contributed by atoms with van der Waals surface area (Å²) in [5.74, 6) is 1.62. The molecular formula is C24H21ClN6O2. The fraction of sp³-hybridized carbons (Fsp3) is 0.250. The van der Waals surface area contributed by atoms with Crippen molar-refractivity contribution in [3.05, 3.63) is 65.8 Å². The lowest BCUT2D eigenvalue weighted by Gasteiger charge is -2.36. The van der Waals surface area contributed by atoms with Gasteiger partial charge in [0.2, 0.25) is 0 Å². The Kier molecular flexibility index (Phi) is 4.87. The Balaban J connectivity index is 1.22. The molecule has 0 saturated carbocycles. The van der Waals surface area contributed by atoms with Gasteiger partial charge in [0.15, 0.2) is 6.10 Å². The Morgan fingerprint density at radius 1 is 1.06 bits per heavy atom. The van der Waals surface area contributed by atoms with E-state index in [4.69, 9.17) is 16.3 Å². The Bertz CT molecular complexity index is 1330. The predicted octanol–water partition coefficient (Wildman–Crippen LogP) is 3.33. The molecule has 8 nitrogen and oxygen atoms in total. The number of aromatic amines is 1. The summed E-state index contributed by atoms with van der Waals surface area (Å²) in [7, 11) is 0. The quantitative estimate of drug-likeness (QED) is 0.504. The molecule has 6 rings (SSSR count). The van der Waals surface area contributed by atoms with Crippen molar-refractivity contribution in [2.75, 3.05) is 31.1 Å². The minimum Gasteiger partial charge on any atom is -0.479 e. The highest BCUT2D eigenvalue weighted by atomic mass is 35.5. The number of hydrogen-bond donors (Lipinski definition) is 1. The van der Waals surface area contributed by atoms with Crippen molar-refractivity contribution in [1.82, 2.24) is 24.8 Å². The zero-order valence-corrected chi connectivity index (χ0v) is 18.5. The number of benzene rings is 1. The second-order valence-corrected chi connectivity index (χ2v) is 8.67. The van der Waals surface area contributed by atoms with Gasteiger partial charge in [-0.05, 0) is 35.9 Å². The maximum atomic E-state index is 13.3. The summed E-state index contributed by atoms with van der Waals surface area (Å²) in [6, 6.07) is 9.62. The highest BCUT2D eigenvalue weighted by Crippen LogP contribution is 2.43. The second-order valence-electron chi connectivity index (χ2n) is 8.23. The number of halogens is 1. The molecule has 0 aliphatic carbocycles. The number of pyridine rings is 1. The molecule has 166 valence electrons. The number of amides is 1. The van der Waals surface area contributed by atoms with Gasteiger partial charge in [0.25, 0.3) is 5.91 Å². The van der Waals surface area contributed by atoms with Gasteiger partial charge in [-0.2, -0.15) is 0 Å². The number of hydrogen-bond acceptors (Lipinski definition) is 6. The molecule has 1 N–H and O–H groups in total. The number of nitrogens with zero attached hydrogens (tertiary/aromatic N) is 5. The normalized spacial score (nSPS) is 17.8. The molecule has 0 spiro atoms. The lowest BCUT2D eigenvalue weighted by Crippen LogP contribution is -2.52. The van der Waals surface area contributed by atoms with Gasteiger partial charge in [-0.25, -0.2) is 15.0 Å². The monoisotopic (exact) mass is 460 g/mol. The maximum Gasteiger partial charge on any atom is 0.264 e. The van der Waals surface area contributed by atoms with Crippen LogP contribution in [0.1, 0.15) is 5.56 Å². The maximum absolute atomic E-state index is 13.3. The zero-order chi connectivity index (χ0) is 22.4. The van der Waals surface area contributed by atoms with E-state index in [1.54, 1.807) is 18.7 Å². The molecule has 1 fully saturated rings. The number of H-pyrrole nitrogens is 1. The van der Waals surface area contributed by atoms with Gasteiger partial charge < -0.3 is 19.5 Å². The lowest BCUT2D eigenvalue weighted by molar-refractivity contribution is -0.138. The molecule has 1 saturated heterocycles. The number of fused-ring (bicyclic) bond motifs is 2. The second kappa shape index (κ2) is 8.04. The molecule has 5 heterocycles. The molecule has 33 heavy (non-hydrogen) atoms. The molecule has 9 heteroatoms. The van der Waals surface area contributed by atoms with Crippen LogP contribution in [0.4, 0.5) is 5.82 Å². The number of anilines is 1. The molecule has 0 bridgehead atoms. The van der Waals surface area contributed by atoms with Crippen LogP contribution < -0.4 is 9.64 Å². The van der Waals surface area contributed by atoms with Crippen molar-refractivity contribution in [2.45, 2.75) is 12.5 Å². The summed E-state index contributed by atoms with van der Waals surface area (Å²) in [4.78, 5) is 33.2. The van der Waals surface area contributed by atoms with Crippen molar-refractivity contribution in [2.24, 2.45) is 0 Å². The molecule has 1 atom stereocenters. The van der Waals surface area contributed by atoms with E-state index in [9.17, 15) is 4.79 Å². The third kappa shape index (κ3) is 3.56. The molecule has 3 aromatic heterocycles. The fourth-order valence-corrected chi connectivity index (χ4v) is 4.93. The van der Waals surface area contributed by atoms with Gasteiger partial charge in [0.1, 0.15) is 23.5 Å². The molecule has 0 radical (unpaired) electrons. The Hall–Kier alpha value is -3.65. The third-order valence-electron chi connectivity index (χ3n) is 6.30. The van der Waals surface area contributed by atoms with E-state index in [2.05, 4.69) is 24.8 Å². The summed E-state index contributed by atoms with van der Waals surface area (Å²) in [6.45, 7) is 2.70. The van der Waals surface area contributed by atoms with Crippen molar-refractivity contribution >= 4 is 34.4 Å². The van der Waals surface area contributed by atoms with Gasteiger partial charge in [-0.1, -0.05) is 11.6 Å². The fourth-order valence-electron chi connectivity index (χ4n) is 4.69. The Labute approximate surface area is 195 Å². The number of piperazine rings is 1.